The number of benzene rings is 1. The fourth-order valence-electron chi connectivity index (χ4n) is 3.52. The molecule has 8 nitrogen and oxygen atoms in total. The topological polar surface area (TPSA) is 67.7 Å². The molecule has 1 aliphatic rings. The van der Waals surface area contributed by atoms with Crippen molar-refractivity contribution >= 4 is 16.5 Å². The van der Waals surface area contributed by atoms with Crippen molar-refractivity contribution in [2.45, 2.75) is 13.1 Å². The highest BCUT2D eigenvalue weighted by molar-refractivity contribution is 7.17. The molecule has 3 aromatic rings. The monoisotopic (exact) mass is 428 g/mol. The number of ether oxygens (including phenoxy) is 2. The highest BCUT2D eigenvalue weighted by atomic mass is 32.1. The Balaban J connectivity index is 1.41. The molecule has 30 heavy (non-hydrogen) atoms. The molecule has 3 heterocycles. The van der Waals surface area contributed by atoms with Gasteiger partial charge in [-0.3, -0.25) is 4.57 Å². The number of nitrogens with zero attached hydrogens (tertiary/aromatic N) is 5. The van der Waals surface area contributed by atoms with Crippen molar-refractivity contribution in [3.05, 3.63) is 47.8 Å². The highest BCUT2D eigenvalue weighted by Crippen LogP contribution is 2.26. The van der Waals surface area contributed by atoms with Crippen LogP contribution in [0.4, 0.5) is 5.13 Å². The molecular formula is C21H28N6O2S. The van der Waals surface area contributed by atoms with E-state index in [0.717, 1.165) is 59.2 Å². The summed E-state index contributed by atoms with van der Waals surface area (Å²) in [7, 11) is 5.51. The summed E-state index contributed by atoms with van der Waals surface area (Å²) in [6.45, 7) is 5.48. The average molecular weight is 429 g/mol. The van der Waals surface area contributed by atoms with Gasteiger partial charge in [0.25, 0.3) is 0 Å². The van der Waals surface area contributed by atoms with Gasteiger partial charge in [0.2, 0.25) is 10.3 Å². The molecule has 0 unspecified atom stereocenters. The van der Waals surface area contributed by atoms with Gasteiger partial charge in [0, 0.05) is 56.7 Å². The lowest BCUT2D eigenvalue weighted by Gasteiger charge is -2.31. The third-order valence-electron chi connectivity index (χ3n) is 5.33. The molecule has 0 atom stereocenters. The molecular weight excluding hydrogens is 400 g/mol. The van der Waals surface area contributed by atoms with Gasteiger partial charge in [0.05, 0.1) is 14.2 Å². The molecule has 0 amide bonds. The van der Waals surface area contributed by atoms with Gasteiger partial charge in [-0.1, -0.05) is 11.3 Å². The third kappa shape index (κ3) is 4.58. The Hall–Kier alpha value is -2.62. The zero-order valence-electron chi connectivity index (χ0n) is 17.7. The normalized spacial score (nSPS) is 14.8. The number of hydrogen-bond acceptors (Lipinski definition) is 8. The van der Waals surface area contributed by atoms with Gasteiger partial charge in [-0.15, -0.1) is 10.2 Å². The predicted octanol–water partition coefficient (Wildman–Crippen LogP) is 2.39. The van der Waals surface area contributed by atoms with E-state index in [-0.39, 0.29) is 0 Å². The number of rotatable bonds is 8. The van der Waals surface area contributed by atoms with Gasteiger partial charge >= 0.3 is 0 Å². The molecule has 0 radical (unpaired) electrons. The number of methoxy groups -OCH3 is 2. The Morgan fingerprint density at radius 3 is 2.57 bits per heavy atom. The van der Waals surface area contributed by atoms with Crippen LogP contribution in [0.5, 0.6) is 11.5 Å². The van der Waals surface area contributed by atoms with Crippen LogP contribution in [0, 0.1) is 0 Å². The standard InChI is InChI=1S/C21H28N6O2S/c1-25-9-11-26(12-10-25)20-23-24-21(30-20)27-8-4-5-17(27)15-22-14-16-13-18(28-2)6-7-19(16)29-3/h4-8,13,22H,9-12,14-15H2,1-3H3. The van der Waals surface area contributed by atoms with Gasteiger partial charge in [0.15, 0.2) is 0 Å². The number of anilines is 1. The number of aromatic nitrogens is 3. The van der Waals surface area contributed by atoms with Crippen LogP contribution in [0.15, 0.2) is 36.5 Å². The quantitative estimate of drug-likeness (QED) is 0.591. The van der Waals surface area contributed by atoms with Gasteiger partial charge < -0.3 is 24.6 Å². The summed E-state index contributed by atoms with van der Waals surface area (Å²) >= 11 is 1.64. The van der Waals surface area contributed by atoms with E-state index in [1.165, 1.54) is 0 Å². The van der Waals surface area contributed by atoms with Gasteiger partial charge in [-0.2, -0.15) is 0 Å². The van der Waals surface area contributed by atoms with Crippen LogP contribution in [0.2, 0.25) is 0 Å². The predicted molar refractivity (Wildman–Crippen MR) is 119 cm³/mol. The van der Waals surface area contributed by atoms with Crippen LogP contribution in [0.25, 0.3) is 5.13 Å². The number of likely N-dealkylation sites (N-methyl/N-ethyl adjacent to an activating group) is 1. The smallest absolute Gasteiger partial charge is 0.218 e. The van der Waals surface area contributed by atoms with Crippen LogP contribution in [0.1, 0.15) is 11.3 Å². The molecule has 0 aliphatic carbocycles. The van der Waals surface area contributed by atoms with Gasteiger partial charge in [-0.05, 0) is 37.4 Å². The zero-order chi connectivity index (χ0) is 20.9. The van der Waals surface area contributed by atoms with Crippen molar-refractivity contribution in [2.24, 2.45) is 0 Å². The number of hydrogen-bond donors (Lipinski definition) is 1. The second-order valence-electron chi connectivity index (χ2n) is 7.31. The lowest BCUT2D eigenvalue weighted by molar-refractivity contribution is 0.312. The minimum Gasteiger partial charge on any atom is -0.497 e. The highest BCUT2D eigenvalue weighted by Gasteiger charge is 2.19. The van der Waals surface area contributed by atoms with Crippen LogP contribution < -0.4 is 19.7 Å². The minimum atomic E-state index is 0.675. The fraction of sp³-hybridized carbons (Fsp3) is 0.429. The zero-order valence-corrected chi connectivity index (χ0v) is 18.5. The van der Waals surface area contributed by atoms with Crippen LogP contribution in [-0.4, -0.2) is 67.1 Å². The Kier molecular flexibility index (Phi) is 6.51. The maximum atomic E-state index is 5.47. The summed E-state index contributed by atoms with van der Waals surface area (Å²) < 4.78 is 12.9. The molecule has 1 fully saturated rings. The molecule has 160 valence electrons. The molecule has 0 saturated carbocycles. The largest absolute Gasteiger partial charge is 0.497 e. The first kappa shape index (κ1) is 20.6. The number of piperazine rings is 1. The minimum absolute atomic E-state index is 0.675. The van der Waals surface area contributed by atoms with Crippen LogP contribution in [-0.2, 0) is 13.1 Å². The second-order valence-corrected chi connectivity index (χ2v) is 8.24. The molecule has 1 N–H and O–H groups in total. The van der Waals surface area contributed by atoms with E-state index in [2.05, 4.69) is 43.0 Å². The lowest BCUT2D eigenvalue weighted by atomic mass is 10.2. The molecule has 4 rings (SSSR count). The maximum absolute atomic E-state index is 5.47. The molecule has 1 aromatic carbocycles. The van der Waals surface area contributed by atoms with Crippen molar-refractivity contribution < 1.29 is 9.47 Å². The Morgan fingerprint density at radius 1 is 1.00 bits per heavy atom. The van der Waals surface area contributed by atoms with Gasteiger partial charge in [-0.25, -0.2) is 0 Å². The SMILES string of the molecule is COc1ccc(OC)c(CNCc2cccn2-c2nnc(N3CCN(C)CC3)s2)c1. The summed E-state index contributed by atoms with van der Waals surface area (Å²) in [6, 6.07) is 9.98. The van der Waals surface area contributed by atoms with Crippen molar-refractivity contribution in [3.63, 3.8) is 0 Å². The Morgan fingerprint density at radius 2 is 1.80 bits per heavy atom. The van der Waals surface area contributed by atoms with E-state index in [1.54, 1.807) is 25.6 Å². The first-order chi connectivity index (χ1) is 14.7. The van der Waals surface area contributed by atoms with E-state index in [1.807, 2.05) is 30.5 Å². The van der Waals surface area contributed by atoms with Gasteiger partial charge in [0.1, 0.15) is 11.5 Å². The fourth-order valence-corrected chi connectivity index (χ4v) is 4.44. The van der Waals surface area contributed by atoms with E-state index < -0.39 is 0 Å². The first-order valence-corrected chi connectivity index (χ1v) is 10.8. The molecule has 9 heteroatoms. The Labute approximate surface area is 181 Å². The van der Waals surface area contributed by atoms with E-state index >= 15 is 0 Å². The lowest BCUT2D eigenvalue weighted by Crippen LogP contribution is -2.44. The molecule has 1 saturated heterocycles. The molecule has 1 aliphatic heterocycles. The van der Waals surface area contributed by atoms with E-state index in [4.69, 9.17) is 9.47 Å². The maximum Gasteiger partial charge on any atom is 0.218 e. The van der Waals surface area contributed by atoms with E-state index in [0.29, 0.717) is 13.1 Å². The Bertz CT molecular complexity index is 964. The third-order valence-corrected chi connectivity index (χ3v) is 6.31. The molecule has 0 spiro atoms. The second kappa shape index (κ2) is 9.46. The summed E-state index contributed by atoms with van der Waals surface area (Å²) in [4.78, 5) is 4.66. The summed E-state index contributed by atoms with van der Waals surface area (Å²) in [5.74, 6) is 1.67. The number of nitrogens with one attached hydrogen (secondary N) is 1. The summed E-state index contributed by atoms with van der Waals surface area (Å²) in [6.07, 6.45) is 2.04. The summed E-state index contributed by atoms with van der Waals surface area (Å²) in [5, 5.41) is 14.3. The molecule has 0 bridgehead atoms. The van der Waals surface area contributed by atoms with Crippen LogP contribution in [0.3, 0.4) is 0 Å². The van der Waals surface area contributed by atoms with Crippen molar-refractivity contribution in [1.29, 1.82) is 0 Å². The summed E-state index contributed by atoms with van der Waals surface area (Å²) in [5.41, 5.74) is 2.20. The van der Waals surface area contributed by atoms with Crippen molar-refractivity contribution in [1.82, 2.24) is 25.0 Å². The van der Waals surface area contributed by atoms with Crippen molar-refractivity contribution in [2.75, 3.05) is 52.3 Å². The average Bonchev–Trinajstić information content (AvgIpc) is 3.43. The van der Waals surface area contributed by atoms with Crippen molar-refractivity contribution in [3.8, 4) is 16.6 Å². The molecule has 2 aromatic heterocycles. The first-order valence-electron chi connectivity index (χ1n) is 10.0. The van der Waals surface area contributed by atoms with E-state index in [9.17, 15) is 0 Å². The van der Waals surface area contributed by atoms with Crippen LogP contribution >= 0.6 is 11.3 Å².